The van der Waals surface area contributed by atoms with Crippen molar-refractivity contribution in [3.8, 4) is 5.75 Å². The molecule has 0 aliphatic carbocycles. The van der Waals surface area contributed by atoms with Gasteiger partial charge in [0.05, 0.1) is 17.7 Å². The number of anilines is 1. The summed E-state index contributed by atoms with van der Waals surface area (Å²) in [6.45, 7) is 2.05. The third-order valence-corrected chi connectivity index (χ3v) is 2.80. The Morgan fingerprint density at radius 2 is 1.76 bits per heavy atom. The van der Waals surface area contributed by atoms with E-state index in [4.69, 9.17) is 4.74 Å². The normalized spacial score (nSPS) is 9.95. The number of aromatic hydroxyl groups is 1. The van der Waals surface area contributed by atoms with E-state index in [1.165, 1.54) is 12.1 Å². The van der Waals surface area contributed by atoms with E-state index in [1.54, 1.807) is 43.3 Å². The molecule has 0 bridgehead atoms. The van der Waals surface area contributed by atoms with Gasteiger partial charge in [0.25, 0.3) is 5.91 Å². The number of carbonyl (C=O) groups excluding carboxylic acids is 2. The van der Waals surface area contributed by atoms with Gasteiger partial charge in [0.1, 0.15) is 5.75 Å². The van der Waals surface area contributed by atoms with Gasteiger partial charge in [0.15, 0.2) is 0 Å². The minimum atomic E-state index is -0.419. The topological polar surface area (TPSA) is 75.6 Å². The molecule has 0 fully saturated rings. The fourth-order valence-electron chi connectivity index (χ4n) is 1.77. The van der Waals surface area contributed by atoms with Crippen LogP contribution in [0.1, 0.15) is 27.6 Å². The molecule has 0 heterocycles. The summed E-state index contributed by atoms with van der Waals surface area (Å²) >= 11 is 0. The smallest absolute Gasteiger partial charge is 0.338 e. The Labute approximate surface area is 122 Å². The second-order valence-electron chi connectivity index (χ2n) is 4.27. The number of nitrogens with one attached hydrogen (secondary N) is 1. The average Bonchev–Trinajstić information content (AvgIpc) is 2.48. The fraction of sp³-hybridized carbons (Fsp3) is 0.125. The number of esters is 1. The number of hydrogen-bond acceptors (Lipinski definition) is 4. The van der Waals surface area contributed by atoms with Gasteiger partial charge in [-0.2, -0.15) is 0 Å². The first-order chi connectivity index (χ1) is 10.1. The minimum Gasteiger partial charge on any atom is -0.507 e. The van der Waals surface area contributed by atoms with E-state index < -0.39 is 11.9 Å². The molecule has 5 heteroatoms. The van der Waals surface area contributed by atoms with E-state index in [2.05, 4.69) is 5.32 Å². The van der Waals surface area contributed by atoms with Crippen molar-refractivity contribution in [1.29, 1.82) is 0 Å². The molecule has 0 saturated heterocycles. The van der Waals surface area contributed by atoms with Crippen LogP contribution >= 0.6 is 0 Å². The Bertz CT molecular complexity index is 650. The van der Waals surface area contributed by atoms with Gasteiger partial charge in [-0.3, -0.25) is 4.79 Å². The summed E-state index contributed by atoms with van der Waals surface area (Å²) in [5.74, 6) is -0.911. The molecule has 2 aromatic carbocycles. The predicted octanol–water partition coefficient (Wildman–Crippen LogP) is 2.82. The zero-order valence-corrected chi connectivity index (χ0v) is 11.5. The molecule has 0 radical (unpaired) electrons. The van der Waals surface area contributed by atoms with E-state index in [0.29, 0.717) is 17.9 Å². The summed E-state index contributed by atoms with van der Waals surface area (Å²) in [6, 6.07) is 12.6. The van der Waals surface area contributed by atoms with E-state index in [-0.39, 0.29) is 11.3 Å². The van der Waals surface area contributed by atoms with Gasteiger partial charge in [-0.05, 0) is 43.3 Å². The van der Waals surface area contributed by atoms with E-state index in [0.717, 1.165) is 0 Å². The van der Waals surface area contributed by atoms with Gasteiger partial charge >= 0.3 is 5.97 Å². The minimum absolute atomic E-state index is 0.0851. The molecule has 0 atom stereocenters. The molecular formula is C16H15NO4. The maximum absolute atomic E-state index is 12.0. The van der Waals surface area contributed by atoms with Gasteiger partial charge in [-0.15, -0.1) is 0 Å². The number of amides is 1. The zero-order chi connectivity index (χ0) is 15.2. The van der Waals surface area contributed by atoms with Crippen molar-refractivity contribution in [3.63, 3.8) is 0 Å². The fourth-order valence-corrected chi connectivity index (χ4v) is 1.77. The monoisotopic (exact) mass is 285 g/mol. The molecule has 108 valence electrons. The number of benzene rings is 2. The molecule has 0 unspecified atom stereocenters. The quantitative estimate of drug-likeness (QED) is 0.847. The first kappa shape index (κ1) is 14.6. The van der Waals surface area contributed by atoms with Crippen LogP contribution in [0.5, 0.6) is 5.75 Å². The number of rotatable bonds is 4. The highest BCUT2D eigenvalue weighted by atomic mass is 16.5. The second kappa shape index (κ2) is 6.56. The summed E-state index contributed by atoms with van der Waals surface area (Å²) < 4.78 is 4.87. The molecule has 2 rings (SSSR count). The van der Waals surface area contributed by atoms with Crippen LogP contribution in [0.25, 0.3) is 0 Å². The van der Waals surface area contributed by atoms with E-state index in [9.17, 15) is 14.7 Å². The molecule has 5 nitrogen and oxygen atoms in total. The Morgan fingerprint density at radius 1 is 1.10 bits per heavy atom. The summed E-state index contributed by atoms with van der Waals surface area (Å²) in [4.78, 5) is 23.5. The number of phenolic OH excluding ortho intramolecular Hbond substituents is 1. The molecule has 0 aliphatic rings. The number of carbonyl (C=O) groups is 2. The molecule has 0 aliphatic heterocycles. The Kier molecular flexibility index (Phi) is 4.56. The molecule has 0 aromatic heterocycles. The SMILES string of the molecule is CCOC(=O)c1ccc(NC(=O)c2ccccc2O)cc1. The Hall–Kier alpha value is -2.82. The van der Waals surface area contributed by atoms with Crippen molar-refractivity contribution in [2.24, 2.45) is 0 Å². The van der Waals surface area contributed by atoms with Crippen molar-refractivity contribution in [3.05, 3.63) is 59.7 Å². The van der Waals surface area contributed by atoms with Crippen LogP contribution in [0, 0.1) is 0 Å². The van der Waals surface area contributed by atoms with Crippen molar-refractivity contribution >= 4 is 17.6 Å². The first-order valence-corrected chi connectivity index (χ1v) is 6.48. The Morgan fingerprint density at radius 3 is 2.38 bits per heavy atom. The average molecular weight is 285 g/mol. The molecule has 2 aromatic rings. The number of para-hydroxylation sites is 1. The summed E-state index contributed by atoms with van der Waals surface area (Å²) in [7, 11) is 0. The molecule has 0 spiro atoms. The van der Waals surface area contributed by atoms with Crippen LogP contribution in [0.2, 0.25) is 0 Å². The lowest BCUT2D eigenvalue weighted by atomic mass is 10.1. The molecular weight excluding hydrogens is 270 g/mol. The van der Waals surface area contributed by atoms with Crippen LogP contribution in [0.4, 0.5) is 5.69 Å². The van der Waals surface area contributed by atoms with Crippen molar-refractivity contribution in [2.75, 3.05) is 11.9 Å². The van der Waals surface area contributed by atoms with Crippen LogP contribution in [0.15, 0.2) is 48.5 Å². The van der Waals surface area contributed by atoms with Crippen LogP contribution in [0.3, 0.4) is 0 Å². The standard InChI is InChI=1S/C16H15NO4/c1-2-21-16(20)11-7-9-12(10-8-11)17-15(19)13-5-3-4-6-14(13)18/h3-10,18H,2H2,1H3,(H,17,19). The molecule has 0 saturated carbocycles. The molecule has 2 N–H and O–H groups in total. The lowest BCUT2D eigenvalue weighted by Crippen LogP contribution is -2.12. The van der Waals surface area contributed by atoms with Gasteiger partial charge in [0.2, 0.25) is 0 Å². The highest BCUT2D eigenvalue weighted by molar-refractivity contribution is 6.06. The van der Waals surface area contributed by atoms with Gasteiger partial charge < -0.3 is 15.2 Å². The lowest BCUT2D eigenvalue weighted by molar-refractivity contribution is 0.0526. The summed E-state index contributed by atoms with van der Waals surface area (Å²) in [5.41, 5.74) is 1.13. The molecule has 1 amide bonds. The molecule has 21 heavy (non-hydrogen) atoms. The summed E-state index contributed by atoms with van der Waals surface area (Å²) in [5, 5.41) is 12.3. The van der Waals surface area contributed by atoms with E-state index in [1.807, 2.05) is 0 Å². The number of hydrogen-bond donors (Lipinski definition) is 2. The van der Waals surface area contributed by atoms with Gasteiger partial charge in [0, 0.05) is 5.69 Å². The predicted molar refractivity (Wildman–Crippen MR) is 78.5 cm³/mol. The Balaban J connectivity index is 2.09. The number of phenols is 1. The first-order valence-electron chi connectivity index (χ1n) is 6.48. The third kappa shape index (κ3) is 3.60. The highest BCUT2D eigenvalue weighted by Crippen LogP contribution is 2.18. The van der Waals surface area contributed by atoms with Crippen LogP contribution in [-0.4, -0.2) is 23.6 Å². The second-order valence-corrected chi connectivity index (χ2v) is 4.27. The summed E-state index contributed by atoms with van der Waals surface area (Å²) in [6.07, 6.45) is 0. The van der Waals surface area contributed by atoms with Crippen molar-refractivity contribution in [1.82, 2.24) is 0 Å². The maximum Gasteiger partial charge on any atom is 0.338 e. The highest BCUT2D eigenvalue weighted by Gasteiger charge is 2.11. The maximum atomic E-state index is 12.0. The van der Waals surface area contributed by atoms with Crippen molar-refractivity contribution in [2.45, 2.75) is 6.92 Å². The van der Waals surface area contributed by atoms with Crippen LogP contribution in [-0.2, 0) is 4.74 Å². The van der Waals surface area contributed by atoms with Gasteiger partial charge in [-0.25, -0.2) is 4.79 Å². The van der Waals surface area contributed by atoms with Crippen molar-refractivity contribution < 1.29 is 19.4 Å². The zero-order valence-electron chi connectivity index (χ0n) is 11.5. The van der Waals surface area contributed by atoms with E-state index >= 15 is 0 Å². The largest absolute Gasteiger partial charge is 0.507 e. The van der Waals surface area contributed by atoms with Crippen LogP contribution < -0.4 is 5.32 Å². The lowest BCUT2D eigenvalue weighted by Gasteiger charge is -2.07. The number of ether oxygens (including phenoxy) is 1. The third-order valence-electron chi connectivity index (χ3n) is 2.80. The van der Waals surface area contributed by atoms with Gasteiger partial charge in [-0.1, -0.05) is 12.1 Å².